The number of H-pyrrole nitrogens is 1. The number of piperazine rings is 1. The first-order valence-electron chi connectivity index (χ1n) is 17.7. The van der Waals surface area contributed by atoms with Crippen LogP contribution in [0, 0.1) is 6.92 Å². The molecule has 0 radical (unpaired) electrons. The van der Waals surface area contributed by atoms with E-state index in [1.165, 1.54) is 23.3 Å². The molecule has 4 aromatic heterocycles. The molecule has 2 amide bonds. The number of ether oxygens (including phenoxy) is 1. The van der Waals surface area contributed by atoms with E-state index in [9.17, 15) is 32.3 Å². The number of halogens is 4. The summed E-state index contributed by atoms with van der Waals surface area (Å²) in [6.45, 7) is 5.45. The van der Waals surface area contributed by atoms with Crippen molar-refractivity contribution in [3.63, 3.8) is 0 Å². The number of nitrogens with zero attached hydrogens (tertiary/aromatic N) is 8. The first-order chi connectivity index (χ1) is 26.5. The predicted molar refractivity (Wildman–Crippen MR) is 205 cm³/mol. The van der Waals surface area contributed by atoms with Crippen LogP contribution in [0.5, 0.6) is 11.6 Å². The van der Waals surface area contributed by atoms with Crippen molar-refractivity contribution < 1.29 is 27.5 Å². The zero-order valence-electron chi connectivity index (χ0n) is 31.5. The molecule has 296 valence electrons. The number of hydrogen-bond donors (Lipinski definition) is 2. The lowest BCUT2D eigenvalue weighted by molar-refractivity contribution is -0.137. The first kappa shape index (κ1) is 39.8. The molecule has 1 fully saturated rings. The Labute approximate surface area is 323 Å². The summed E-state index contributed by atoms with van der Waals surface area (Å²) in [6, 6.07) is 2.17. The number of alkyl halides is 3. The van der Waals surface area contributed by atoms with E-state index in [-0.39, 0.29) is 71.6 Å². The van der Waals surface area contributed by atoms with Gasteiger partial charge in [0.15, 0.2) is 16.9 Å². The largest absolute Gasteiger partial charge is 0.437 e. The number of carbonyl (C=O) groups is 2. The number of fused-ring (bicyclic) bond motifs is 1. The van der Waals surface area contributed by atoms with Crippen LogP contribution in [0.4, 0.5) is 30.4 Å². The lowest BCUT2D eigenvalue weighted by Crippen LogP contribution is -2.56. The Morgan fingerprint density at radius 2 is 1.88 bits per heavy atom. The molecule has 6 rings (SSSR count). The van der Waals surface area contributed by atoms with Crippen molar-refractivity contribution in [2.24, 2.45) is 7.05 Å². The molecule has 2 N–H and O–H groups in total. The zero-order chi connectivity index (χ0) is 40.6. The summed E-state index contributed by atoms with van der Waals surface area (Å²) < 4.78 is 48.8. The normalized spacial score (nSPS) is 14.6. The molecular formula is C37H40ClF3N10O5. The van der Waals surface area contributed by atoms with Crippen molar-refractivity contribution in [1.82, 2.24) is 34.2 Å². The summed E-state index contributed by atoms with van der Waals surface area (Å²) in [6.07, 6.45) is 2.12. The molecule has 5 aromatic rings. The second-order valence-electron chi connectivity index (χ2n) is 13.6. The third-order valence-electron chi connectivity index (χ3n) is 9.57. The molecule has 5 heterocycles. The van der Waals surface area contributed by atoms with Gasteiger partial charge in [-0.15, -0.1) is 0 Å². The van der Waals surface area contributed by atoms with Crippen LogP contribution in [0.2, 0.25) is 5.02 Å². The summed E-state index contributed by atoms with van der Waals surface area (Å²) in [5, 5.41) is 6.37. The predicted octanol–water partition coefficient (Wildman–Crippen LogP) is 4.99. The fourth-order valence-electron chi connectivity index (χ4n) is 6.69. The molecule has 0 unspecified atom stereocenters. The number of nitrogens with one attached hydrogen (secondary N) is 2. The smallest absolute Gasteiger partial charge is 0.416 e. The van der Waals surface area contributed by atoms with Crippen molar-refractivity contribution in [3.05, 3.63) is 90.8 Å². The quantitative estimate of drug-likeness (QED) is 0.197. The third kappa shape index (κ3) is 7.78. The Kier molecular flexibility index (Phi) is 11.1. The summed E-state index contributed by atoms with van der Waals surface area (Å²) in [5.74, 6) is -0.467. The van der Waals surface area contributed by atoms with Gasteiger partial charge in [-0.25, -0.2) is 9.97 Å². The SMILES string of the molecule is CCc1c(N2CCN(C(=O)c3c(Oc4cnn(C)c4)[nH]cc(C)c3=O)[C@@H](CC)C2)c(=O)c2nc(N(C)C)cnc2n1CC(=O)Nc1ccc(C(F)(F)F)cc1Cl. The number of rotatable bonds is 10. The molecule has 1 atom stereocenters. The molecule has 0 bridgehead atoms. The number of aromatic nitrogens is 6. The maximum absolute atomic E-state index is 14.5. The van der Waals surface area contributed by atoms with Gasteiger partial charge in [0, 0.05) is 64.3 Å². The monoisotopic (exact) mass is 796 g/mol. The number of amides is 2. The molecular weight excluding hydrogens is 757 g/mol. The highest BCUT2D eigenvalue weighted by atomic mass is 35.5. The number of hydrogen-bond acceptors (Lipinski definition) is 10. The average molecular weight is 797 g/mol. The van der Waals surface area contributed by atoms with Crippen LogP contribution in [-0.2, 0) is 31.0 Å². The van der Waals surface area contributed by atoms with E-state index < -0.39 is 40.5 Å². The Bertz CT molecular complexity index is 2440. The van der Waals surface area contributed by atoms with Crippen molar-refractivity contribution in [2.45, 2.75) is 52.4 Å². The van der Waals surface area contributed by atoms with Crippen LogP contribution < -0.4 is 30.7 Å². The molecule has 1 aliphatic rings. The fourth-order valence-corrected chi connectivity index (χ4v) is 6.92. The van der Waals surface area contributed by atoms with Gasteiger partial charge >= 0.3 is 6.18 Å². The van der Waals surface area contributed by atoms with Crippen molar-refractivity contribution in [2.75, 3.05) is 48.8 Å². The van der Waals surface area contributed by atoms with Gasteiger partial charge in [0.05, 0.1) is 34.9 Å². The zero-order valence-corrected chi connectivity index (χ0v) is 32.2. The van der Waals surface area contributed by atoms with Gasteiger partial charge in [-0.2, -0.15) is 18.3 Å². The Morgan fingerprint density at radius 3 is 2.50 bits per heavy atom. The molecule has 0 saturated carbocycles. The molecule has 1 saturated heterocycles. The summed E-state index contributed by atoms with van der Waals surface area (Å²) in [5.41, 5.74) is -0.872. The summed E-state index contributed by atoms with van der Waals surface area (Å²) >= 11 is 6.14. The summed E-state index contributed by atoms with van der Waals surface area (Å²) in [7, 11) is 5.19. The van der Waals surface area contributed by atoms with Crippen molar-refractivity contribution >= 4 is 51.8 Å². The number of aromatic amines is 1. The molecule has 56 heavy (non-hydrogen) atoms. The molecule has 15 nitrogen and oxygen atoms in total. The van der Waals surface area contributed by atoms with E-state index in [2.05, 4.69) is 25.4 Å². The lowest BCUT2D eigenvalue weighted by Gasteiger charge is -2.42. The highest BCUT2D eigenvalue weighted by Gasteiger charge is 2.36. The van der Waals surface area contributed by atoms with Gasteiger partial charge in [0.25, 0.3) is 5.91 Å². The highest BCUT2D eigenvalue weighted by molar-refractivity contribution is 6.33. The standard InChI is InChI=1S/C37H40ClF3N10O5/c1-7-22-17-49(11-12-50(22)36(55)29-32(53)20(3)14-43-35(29)56-23-15-44-48(6)18-23)31-26(8-2)51(34-30(33(31)54)46-27(16-42-34)47(4)5)19-28(52)45-25-10-9-21(13-24(25)38)37(39,40)41/h9-10,13-16,18,22H,7-8,11-12,17,19H2,1-6H3,(H,43,53)(H,45,52)/t22-/m0/s1. The second-order valence-corrected chi connectivity index (χ2v) is 14.0. The molecule has 0 aliphatic carbocycles. The number of pyridine rings is 2. The minimum absolute atomic E-state index is 0.00111. The average Bonchev–Trinajstić information content (AvgIpc) is 3.57. The maximum atomic E-state index is 14.5. The van der Waals surface area contributed by atoms with Crippen LogP contribution in [0.3, 0.4) is 0 Å². The van der Waals surface area contributed by atoms with Gasteiger partial charge in [0.1, 0.15) is 23.6 Å². The highest BCUT2D eigenvalue weighted by Crippen LogP contribution is 2.34. The van der Waals surface area contributed by atoms with Crippen LogP contribution in [0.15, 0.2) is 52.6 Å². The Hall–Kier alpha value is -5.91. The maximum Gasteiger partial charge on any atom is 0.416 e. The van der Waals surface area contributed by atoms with Gasteiger partial charge in [-0.1, -0.05) is 25.4 Å². The number of carbonyl (C=O) groups excluding carboxylic acids is 2. The van der Waals surface area contributed by atoms with Crippen LogP contribution in [0.1, 0.15) is 47.4 Å². The lowest BCUT2D eigenvalue weighted by atomic mass is 10.0. The minimum Gasteiger partial charge on any atom is -0.437 e. The van der Waals surface area contributed by atoms with E-state index >= 15 is 0 Å². The van der Waals surface area contributed by atoms with Gasteiger partial charge in [-0.3, -0.25) is 23.9 Å². The fraction of sp³-hybridized carbons (Fsp3) is 0.378. The van der Waals surface area contributed by atoms with Crippen LogP contribution in [-0.4, -0.2) is 85.8 Å². The van der Waals surface area contributed by atoms with Crippen molar-refractivity contribution in [3.8, 4) is 11.6 Å². The van der Waals surface area contributed by atoms with E-state index in [4.69, 9.17) is 16.3 Å². The topological polar surface area (TPSA) is 164 Å². The summed E-state index contributed by atoms with van der Waals surface area (Å²) in [4.78, 5) is 73.0. The van der Waals surface area contributed by atoms with E-state index in [0.717, 1.165) is 18.2 Å². The first-order valence-corrected chi connectivity index (χ1v) is 18.1. The van der Waals surface area contributed by atoms with E-state index in [0.29, 0.717) is 29.2 Å². The molecule has 0 spiro atoms. The molecule has 1 aromatic carbocycles. The van der Waals surface area contributed by atoms with Crippen LogP contribution in [0.25, 0.3) is 11.2 Å². The van der Waals surface area contributed by atoms with Crippen LogP contribution >= 0.6 is 11.6 Å². The second kappa shape index (κ2) is 15.7. The van der Waals surface area contributed by atoms with Gasteiger partial charge in [-0.05, 0) is 38.0 Å². The number of anilines is 3. The van der Waals surface area contributed by atoms with E-state index in [1.807, 2.05) is 18.7 Å². The third-order valence-corrected chi connectivity index (χ3v) is 9.88. The number of aryl methyl sites for hydroxylation is 2. The van der Waals surface area contributed by atoms with Crippen molar-refractivity contribution in [1.29, 1.82) is 0 Å². The van der Waals surface area contributed by atoms with Gasteiger partial charge < -0.3 is 34.3 Å². The molecule has 1 aliphatic heterocycles. The number of benzene rings is 1. The minimum atomic E-state index is -4.62. The Balaban J connectivity index is 1.36. The Morgan fingerprint density at radius 1 is 1.12 bits per heavy atom. The molecule has 19 heteroatoms. The van der Waals surface area contributed by atoms with E-state index in [1.54, 1.807) is 48.6 Å². The van der Waals surface area contributed by atoms with Gasteiger partial charge in [0.2, 0.25) is 22.6 Å².